The van der Waals surface area contributed by atoms with Gasteiger partial charge in [0.25, 0.3) is 5.56 Å². The summed E-state index contributed by atoms with van der Waals surface area (Å²) in [4.78, 5) is 25.1. The summed E-state index contributed by atoms with van der Waals surface area (Å²) in [5.74, 6) is 0.0857. The normalized spacial score (nSPS) is 11.1. The zero-order valence-corrected chi connectivity index (χ0v) is 18.9. The highest BCUT2D eigenvalue weighted by Gasteiger charge is 2.14. The van der Waals surface area contributed by atoms with Gasteiger partial charge in [0.15, 0.2) is 0 Å². The van der Waals surface area contributed by atoms with Crippen molar-refractivity contribution in [2.24, 2.45) is 0 Å². The molecule has 1 aromatic carbocycles. The van der Waals surface area contributed by atoms with Gasteiger partial charge in [-0.3, -0.25) is 9.78 Å². The number of imidazole rings is 1. The van der Waals surface area contributed by atoms with Crippen molar-refractivity contribution < 1.29 is 9.13 Å². The molecule has 4 heterocycles. The Morgan fingerprint density at radius 3 is 2.85 bits per heavy atom. The number of rotatable bonds is 6. The van der Waals surface area contributed by atoms with Crippen molar-refractivity contribution in [1.29, 1.82) is 0 Å². The molecule has 0 aliphatic heterocycles. The van der Waals surface area contributed by atoms with Crippen LogP contribution in [0.3, 0.4) is 0 Å². The van der Waals surface area contributed by atoms with Crippen molar-refractivity contribution in [2.75, 3.05) is 0 Å². The minimum Gasteiger partial charge on any atom is -0.487 e. The molecule has 0 saturated carbocycles. The Kier molecular flexibility index (Phi) is 5.81. The predicted octanol–water partition coefficient (Wildman–Crippen LogP) is 4.71. The molecular weight excluding hydrogens is 457 g/mol. The van der Waals surface area contributed by atoms with Gasteiger partial charge in [-0.1, -0.05) is 23.7 Å². The minimum absolute atomic E-state index is 0.112. The van der Waals surface area contributed by atoms with Gasteiger partial charge < -0.3 is 13.9 Å². The number of aromatic nitrogens is 5. The molecule has 4 aromatic heterocycles. The quantitative estimate of drug-likeness (QED) is 0.355. The molecule has 7 nitrogen and oxygen atoms in total. The monoisotopic (exact) mass is 475 g/mol. The molecule has 0 N–H and O–H groups in total. The van der Waals surface area contributed by atoms with E-state index in [1.54, 1.807) is 18.7 Å². The molecule has 0 aliphatic carbocycles. The van der Waals surface area contributed by atoms with Crippen LogP contribution in [0.2, 0.25) is 5.02 Å². The van der Waals surface area contributed by atoms with E-state index in [1.165, 1.54) is 16.8 Å². The highest BCUT2D eigenvalue weighted by Crippen LogP contribution is 2.30. The molecule has 0 amide bonds. The molecule has 0 aliphatic rings. The first-order valence-corrected chi connectivity index (χ1v) is 10.9. The summed E-state index contributed by atoms with van der Waals surface area (Å²) < 4.78 is 23.1. The Morgan fingerprint density at radius 1 is 1.15 bits per heavy atom. The maximum Gasteiger partial charge on any atom is 0.251 e. The lowest BCUT2D eigenvalue weighted by atomic mass is 10.1. The van der Waals surface area contributed by atoms with Crippen LogP contribution in [0.5, 0.6) is 5.75 Å². The molecule has 34 heavy (non-hydrogen) atoms. The van der Waals surface area contributed by atoms with E-state index in [0.717, 1.165) is 29.0 Å². The number of ether oxygens (including phenoxy) is 1. The van der Waals surface area contributed by atoms with Gasteiger partial charge in [0.05, 0.1) is 23.6 Å². The van der Waals surface area contributed by atoms with E-state index in [0.29, 0.717) is 27.4 Å². The third-order valence-corrected chi connectivity index (χ3v) is 5.77. The van der Waals surface area contributed by atoms with Crippen LogP contribution in [-0.4, -0.2) is 24.1 Å². The lowest BCUT2D eigenvalue weighted by molar-refractivity contribution is 0.307. The zero-order valence-electron chi connectivity index (χ0n) is 18.2. The largest absolute Gasteiger partial charge is 0.487 e. The standard InChI is InChI=1S/C25H19ClFN5O2/c1-16-9-22(31-8-7-28-15-31)19-3-2-4-23(25(19)30-16)34-14-20-17(10-29-11-21(20)26)12-32-13-18(27)5-6-24(32)33/h2-11,13,15H,12,14H2,1H3. The van der Waals surface area contributed by atoms with Crippen LogP contribution in [0.15, 0.2) is 78.5 Å². The summed E-state index contributed by atoms with van der Waals surface area (Å²) in [5.41, 5.74) is 3.48. The van der Waals surface area contributed by atoms with E-state index in [9.17, 15) is 9.18 Å². The van der Waals surface area contributed by atoms with Gasteiger partial charge in [-0.2, -0.15) is 0 Å². The van der Waals surface area contributed by atoms with E-state index in [2.05, 4.69) is 9.97 Å². The molecular formula is C25H19ClFN5O2. The predicted molar refractivity (Wildman–Crippen MR) is 127 cm³/mol. The van der Waals surface area contributed by atoms with Gasteiger partial charge in [0.2, 0.25) is 0 Å². The average molecular weight is 476 g/mol. The second kappa shape index (κ2) is 9.07. The van der Waals surface area contributed by atoms with Crippen LogP contribution < -0.4 is 10.3 Å². The topological polar surface area (TPSA) is 74.8 Å². The molecule has 5 rings (SSSR count). The summed E-state index contributed by atoms with van der Waals surface area (Å²) in [6, 6.07) is 10.0. The Balaban J connectivity index is 1.50. The fraction of sp³-hybridized carbons (Fsp3) is 0.120. The van der Waals surface area contributed by atoms with E-state index in [-0.39, 0.29) is 18.7 Å². The minimum atomic E-state index is -0.502. The van der Waals surface area contributed by atoms with Gasteiger partial charge in [0, 0.05) is 53.7 Å². The number of hydrogen-bond donors (Lipinski definition) is 0. The van der Waals surface area contributed by atoms with Crippen molar-refractivity contribution in [2.45, 2.75) is 20.1 Å². The second-order valence-corrected chi connectivity index (χ2v) is 8.17. The van der Waals surface area contributed by atoms with E-state index in [4.69, 9.17) is 21.3 Å². The van der Waals surface area contributed by atoms with Crippen LogP contribution in [0.4, 0.5) is 4.39 Å². The SMILES string of the molecule is Cc1cc(-n2ccnc2)c2cccc(OCc3c(Cl)cncc3Cn3cc(F)ccc3=O)c2n1. The third-order valence-electron chi connectivity index (χ3n) is 5.45. The van der Waals surface area contributed by atoms with E-state index >= 15 is 0 Å². The molecule has 0 unspecified atom stereocenters. The number of nitrogens with zero attached hydrogens (tertiary/aromatic N) is 5. The van der Waals surface area contributed by atoms with Gasteiger partial charge in [-0.05, 0) is 30.7 Å². The smallest absolute Gasteiger partial charge is 0.251 e. The fourth-order valence-electron chi connectivity index (χ4n) is 3.82. The molecule has 5 aromatic rings. The molecule has 170 valence electrons. The third kappa shape index (κ3) is 4.27. The van der Waals surface area contributed by atoms with Crippen molar-refractivity contribution in [1.82, 2.24) is 24.1 Å². The van der Waals surface area contributed by atoms with Crippen molar-refractivity contribution >= 4 is 22.5 Å². The molecule has 0 bridgehead atoms. The number of aryl methyl sites for hydroxylation is 1. The highest BCUT2D eigenvalue weighted by atomic mass is 35.5. The number of fused-ring (bicyclic) bond motifs is 1. The van der Waals surface area contributed by atoms with Crippen molar-refractivity contribution in [3.8, 4) is 11.4 Å². The number of hydrogen-bond acceptors (Lipinski definition) is 5. The maximum absolute atomic E-state index is 13.7. The zero-order chi connectivity index (χ0) is 23.7. The summed E-state index contributed by atoms with van der Waals surface area (Å²) >= 11 is 6.44. The fourth-order valence-corrected chi connectivity index (χ4v) is 4.05. The Morgan fingerprint density at radius 2 is 2.03 bits per heavy atom. The first-order chi connectivity index (χ1) is 16.5. The summed E-state index contributed by atoms with van der Waals surface area (Å²) in [6.45, 7) is 2.15. The number of halogens is 2. The highest BCUT2D eigenvalue weighted by molar-refractivity contribution is 6.31. The Hall–Kier alpha value is -4.04. The number of para-hydroxylation sites is 1. The van der Waals surface area contributed by atoms with E-state index in [1.807, 2.05) is 42.0 Å². The van der Waals surface area contributed by atoms with Crippen LogP contribution in [0, 0.1) is 12.7 Å². The maximum atomic E-state index is 13.7. The molecule has 0 spiro atoms. The molecule has 0 atom stereocenters. The van der Waals surface area contributed by atoms with Crippen LogP contribution >= 0.6 is 11.6 Å². The van der Waals surface area contributed by atoms with Crippen molar-refractivity contribution in [3.63, 3.8) is 0 Å². The lowest BCUT2D eigenvalue weighted by Gasteiger charge is -2.15. The second-order valence-electron chi connectivity index (χ2n) is 7.77. The van der Waals surface area contributed by atoms with Crippen LogP contribution in [-0.2, 0) is 13.2 Å². The summed E-state index contributed by atoms with van der Waals surface area (Å²) in [6.07, 6.45) is 9.60. The molecule has 0 saturated heterocycles. The summed E-state index contributed by atoms with van der Waals surface area (Å²) in [5, 5.41) is 1.30. The average Bonchev–Trinajstić information content (AvgIpc) is 3.35. The van der Waals surface area contributed by atoms with Gasteiger partial charge in [0.1, 0.15) is 23.7 Å². The summed E-state index contributed by atoms with van der Waals surface area (Å²) in [7, 11) is 0. The van der Waals surface area contributed by atoms with Crippen molar-refractivity contribution in [3.05, 3.63) is 112 Å². The molecule has 0 radical (unpaired) electrons. The van der Waals surface area contributed by atoms with Gasteiger partial charge in [-0.25, -0.2) is 14.4 Å². The molecule has 9 heteroatoms. The van der Waals surface area contributed by atoms with E-state index < -0.39 is 5.82 Å². The molecule has 0 fully saturated rings. The number of benzene rings is 1. The van der Waals surface area contributed by atoms with Crippen LogP contribution in [0.1, 0.15) is 16.8 Å². The number of pyridine rings is 3. The van der Waals surface area contributed by atoms with Gasteiger partial charge in [-0.15, -0.1) is 0 Å². The lowest BCUT2D eigenvalue weighted by Crippen LogP contribution is -2.20. The Bertz CT molecular complexity index is 1550. The van der Waals surface area contributed by atoms with Gasteiger partial charge >= 0.3 is 0 Å². The first-order valence-electron chi connectivity index (χ1n) is 10.5. The Labute approximate surface area is 199 Å². The first kappa shape index (κ1) is 21.8. The van der Waals surface area contributed by atoms with Crippen LogP contribution in [0.25, 0.3) is 16.6 Å².